The molecule has 0 N–H and O–H groups in total. The largest absolute Gasteiger partial charge is 0.467 e. The van der Waals surface area contributed by atoms with Gasteiger partial charge in [-0.25, -0.2) is 9.59 Å². The zero-order valence-electron chi connectivity index (χ0n) is 9.72. The van der Waals surface area contributed by atoms with E-state index in [1.807, 2.05) is 0 Å². The molecule has 5 heteroatoms. The number of ether oxygens (including phenoxy) is 2. The van der Waals surface area contributed by atoms with Gasteiger partial charge >= 0.3 is 12.1 Å². The summed E-state index contributed by atoms with van der Waals surface area (Å²) < 4.78 is 9.50. The van der Waals surface area contributed by atoms with Crippen LogP contribution in [-0.2, 0) is 14.3 Å². The van der Waals surface area contributed by atoms with E-state index in [-0.39, 0.29) is 6.61 Å². The fourth-order valence-electron chi connectivity index (χ4n) is 1.23. The van der Waals surface area contributed by atoms with E-state index in [4.69, 9.17) is 4.74 Å². The number of rotatable bonds is 5. The number of amides is 1. The molecule has 1 atom stereocenters. The van der Waals surface area contributed by atoms with Gasteiger partial charge in [-0.3, -0.25) is 4.90 Å². The lowest BCUT2D eigenvalue weighted by Crippen LogP contribution is -2.21. The van der Waals surface area contributed by atoms with Gasteiger partial charge in [-0.2, -0.15) is 0 Å². The first-order valence-electron chi connectivity index (χ1n) is 5.09. The highest BCUT2D eigenvalue weighted by molar-refractivity contribution is 5.86. The second-order valence-corrected chi connectivity index (χ2v) is 3.43. The van der Waals surface area contributed by atoms with Crippen molar-refractivity contribution in [2.45, 2.75) is 6.04 Å². The van der Waals surface area contributed by atoms with E-state index in [9.17, 15) is 9.59 Å². The van der Waals surface area contributed by atoms with E-state index in [0.717, 1.165) is 5.57 Å². The van der Waals surface area contributed by atoms with Crippen molar-refractivity contribution < 1.29 is 19.1 Å². The predicted octanol–water partition coefficient (Wildman–Crippen LogP) is 1.28. The van der Waals surface area contributed by atoms with Gasteiger partial charge in [0.25, 0.3) is 0 Å². The fourth-order valence-corrected chi connectivity index (χ4v) is 1.23. The van der Waals surface area contributed by atoms with Crippen molar-refractivity contribution in [2.24, 2.45) is 0 Å². The van der Waals surface area contributed by atoms with Crippen LogP contribution in [0, 0.1) is 0 Å². The summed E-state index contributed by atoms with van der Waals surface area (Å²) in [5.41, 5.74) is 0.741. The van der Waals surface area contributed by atoms with Crippen molar-refractivity contribution in [2.75, 3.05) is 20.3 Å². The molecule has 1 aliphatic heterocycles. The minimum atomic E-state index is -0.530. The van der Waals surface area contributed by atoms with E-state index in [1.165, 1.54) is 12.0 Å². The number of methoxy groups -OCH3 is 1. The third kappa shape index (κ3) is 3.48. The Kier molecular flexibility index (Phi) is 4.51. The Morgan fingerprint density at radius 3 is 2.71 bits per heavy atom. The van der Waals surface area contributed by atoms with Crippen LogP contribution in [0.25, 0.3) is 0 Å². The molecule has 1 fully saturated rings. The molecule has 0 spiro atoms. The second-order valence-electron chi connectivity index (χ2n) is 3.43. The Labute approximate surface area is 100.0 Å². The van der Waals surface area contributed by atoms with Gasteiger partial charge in [-0.05, 0) is 5.57 Å². The molecule has 0 aliphatic carbocycles. The summed E-state index contributed by atoms with van der Waals surface area (Å²) in [7, 11) is 1.28. The van der Waals surface area contributed by atoms with Gasteiger partial charge < -0.3 is 9.47 Å². The van der Waals surface area contributed by atoms with Gasteiger partial charge in [0, 0.05) is 0 Å². The molecule has 0 radical (unpaired) electrons. The van der Waals surface area contributed by atoms with Crippen LogP contribution in [0.1, 0.15) is 0 Å². The van der Waals surface area contributed by atoms with E-state index >= 15 is 0 Å². The van der Waals surface area contributed by atoms with Crippen LogP contribution in [0.15, 0.2) is 37.0 Å². The molecule has 92 valence electrons. The summed E-state index contributed by atoms with van der Waals surface area (Å²) >= 11 is 0. The quantitative estimate of drug-likeness (QED) is 0.410. The summed E-state index contributed by atoms with van der Waals surface area (Å²) in [6.45, 7) is 7.57. The average molecular weight is 237 g/mol. The molecule has 1 aliphatic rings. The Hall–Kier alpha value is -2.04. The van der Waals surface area contributed by atoms with Gasteiger partial charge in [-0.15, -0.1) is 0 Å². The van der Waals surface area contributed by atoms with Crippen LogP contribution in [-0.4, -0.2) is 43.3 Å². The lowest BCUT2D eigenvalue weighted by Gasteiger charge is -2.06. The predicted molar refractivity (Wildman–Crippen MR) is 62.3 cm³/mol. The van der Waals surface area contributed by atoms with Crippen LogP contribution in [0.5, 0.6) is 0 Å². The molecule has 0 bridgehead atoms. The number of hydrogen-bond acceptors (Lipinski definition) is 4. The standard InChI is InChI=1S/C12H15NO4/c1-4-6-9(5-2)8-17-12(15)13-7-10(13)11(14)16-3/h4-6,10H,1-2,7-8H2,3H3/b9-6+. The average Bonchev–Trinajstić information content (AvgIpc) is 3.13. The summed E-state index contributed by atoms with van der Waals surface area (Å²) in [6, 6.07) is -0.497. The molecule has 1 rings (SSSR count). The highest BCUT2D eigenvalue weighted by Crippen LogP contribution is 2.20. The molecule has 1 unspecified atom stereocenters. The number of carbonyl (C=O) groups is 2. The van der Waals surface area contributed by atoms with E-state index in [2.05, 4.69) is 17.9 Å². The highest BCUT2D eigenvalue weighted by Gasteiger charge is 2.46. The molecule has 0 saturated carbocycles. The SMILES string of the molecule is C=C/C=C(\C=C)COC(=O)N1CC1C(=O)OC. The lowest BCUT2D eigenvalue weighted by molar-refractivity contribution is -0.140. The Bertz CT molecular complexity index is 373. The summed E-state index contributed by atoms with van der Waals surface area (Å²) in [5, 5.41) is 0. The lowest BCUT2D eigenvalue weighted by atomic mass is 10.2. The molecule has 1 amide bonds. The van der Waals surface area contributed by atoms with Crippen molar-refractivity contribution in [3.05, 3.63) is 37.0 Å². The third-order valence-electron chi connectivity index (χ3n) is 2.28. The minimum absolute atomic E-state index is 0.110. The van der Waals surface area contributed by atoms with E-state index in [0.29, 0.717) is 6.54 Å². The summed E-state index contributed by atoms with van der Waals surface area (Å²) in [6.07, 6.45) is 4.33. The normalized spacial score (nSPS) is 18.3. The van der Waals surface area contributed by atoms with Crippen molar-refractivity contribution in [3.8, 4) is 0 Å². The molecule has 1 saturated heterocycles. The Balaban J connectivity index is 2.37. The summed E-state index contributed by atoms with van der Waals surface area (Å²) in [4.78, 5) is 23.8. The topological polar surface area (TPSA) is 55.6 Å². The van der Waals surface area contributed by atoms with Gasteiger partial charge in [0.05, 0.1) is 13.7 Å². The van der Waals surface area contributed by atoms with Gasteiger partial charge in [0.1, 0.15) is 6.61 Å². The van der Waals surface area contributed by atoms with Gasteiger partial charge in [0.2, 0.25) is 0 Å². The van der Waals surface area contributed by atoms with Crippen molar-refractivity contribution in [3.63, 3.8) is 0 Å². The first-order chi connectivity index (χ1) is 8.13. The zero-order valence-corrected chi connectivity index (χ0v) is 9.72. The summed E-state index contributed by atoms with van der Waals surface area (Å²) in [5.74, 6) is -0.424. The van der Waals surface area contributed by atoms with E-state index in [1.54, 1.807) is 18.2 Å². The number of esters is 1. The Morgan fingerprint density at radius 1 is 1.47 bits per heavy atom. The number of allylic oxidation sites excluding steroid dienone is 2. The number of nitrogens with zero attached hydrogens (tertiary/aromatic N) is 1. The van der Waals surface area contributed by atoms with Crippen LogP contribution >= 0.6 is 0 Å². The van der Waals surface area contributed by atoms with Crippen molar-refractivity contribution in [1.29, 1.82) is 0 Å². The molecule has 0 aromatic carbocycles. The molecule has 1 heterocycles. The third-order valence-corrected chi connectivity index (χ3v) is 2.28. The van der Waals surface area contributed by atoms with Crippen LogP contribution in [0.2, 0.25) is 0 Å². The maximum atomic E-state index is 11.5. The number of carbonyl (C=O) groups excluding carboxylic acids is 2. The monoisotopic (exact) mass is 237 g/mol. The van der Waals surface area contributed by atoms with Gasteiger partial charge in [0.15, 0.2) is 6.04 Å². The van der Waals surface area contributed by atoms with Crippen LogP contribution in [0.3, 0.4) is 0 Å². The fraction of sp³-hybridized carbons (Fsp3) is 0.333. The number of hydrogen-bond donors (Lipinski definition) is 0. The first-order valence-corrected chi connectivity index (χ1v) is 5.09. The molecular formula is C12H15NO4. The molecule has 0 aromatic heterocycles. The highest BCUT2D eigenvalue weighted by atomic mass is 16.6. The molecular weight excluding hydrogens is 222 g/mol. The Morgan fingerprint density at radius 2 is 2.18 bits per heavy atom. The second kappa shape index (κ2) is 5.89. The molecule has 5 nitrogen and oxygen atoms in total. The van der Waals surface area contributed by atoms with Crippen molar-refractivity contribution >= 4 is 12.1 Å². The maximum absolute atomic E-state index is 11.5. The smallest absolute Gasteiger partial charge is 0.411 e. The van der Waals surface area contributed by atoms with Crippen LogP contribution in [0.4, 0.5) is 4.79 Å². The minimum Gasteiger partial charge on any atom is -0.467 e. The molecule has 17 heavy (non-hydrogen) atoms. The van der Waals surface area contributed by atoms with Gasteiger partial charge in [-0.1, -0.05) is 31.4 Å². The first kappa shape index (κ1) is 13.0. The van der Waals surface area contributed by atoms with Crippen LogP contribution < -0.4 is 0 Å². The zero-order chi connectivity index (χ0) is 12.8. The van der Waals surface area contributed by atoms with E-state index < -0.39 is 18.1 Å². The maximum Gasteiger partial charge on any atom is 0.411 e. The molecule has 0 aromatic rings. The van der Waals surface area contributed by atoms with Crippen molar-refractivity contribution in [1.82, 2.24) is 4.90 Å².